The lowest BCUT2D eigenvalue weighted by atomic mass is 10.2. The number of rotatable bonds is 5. The van der Waals surface area contributed by atoms with Crippen LogP contribution in [0.2, 0.25) is 5.15 Å². The van der Waals surface area contributed by atoms with Gasteiger partial charge < -0.3 is 10.4 Å². The molecule has 1 amide bonds. The van der Waals surface area contributed by atoms with E-state index in [-0.39, 0.29) is 12.5 Å². The maximum Gasteiger partial charge on any atom is 0.244 e. The molecule has 0 aliphatic rings. The van der Waals surface area contributed by atoms with Crippen LogP contribution in [0, 0.1) is 0 Å². The summed E-state index contributed by atoms with van der Waals surface area (Å²) in [5, 5.41) is 16.6. The zero-order chi connectivity index (χ0) is 14.4. The van der Waals surface area contributed by atoms with Crippen LogP contribution in [0.3, 0.4) is 0 Å². The molecule has 2 heterocycles. The van der Waals surface area contributed by atoms with Crippen molar-refractivity contribution in [2.45, 2.75) is 6.10 Å². The van der Waals surface area contributed by atoms with E-state index in [0.717, 1.165) is 11.1 Å². The Labute approximate surface area is 125 Å². The molecule has 104 valence electrons. The highest BCUT2D eigenvalue weighted by molar-refractivity contribution is 7.07. The quantitative estimate of drug-likeness (QED) is 0.659. The van der Waals surface area contributed by atoms with Crippen molar-refractivity contribution in [2.75, 3.05) is 6.54 Å². The predicted octanol–water partition coefficient (Wildman–Crippen LogP) is 2.66. The van der Waals surface area contributed by atoms with E-state index >= 15 is 0 Å². The molecule has 4 nitrogen and oxygen atoms in total. The molecule has 2 aromatic heterocycles. The van der Waals surface area contributed by atoms with Crippen LogP contribution in [0.25, 0.3) is 6.08 Å². The lowest BCUT2D eigenvalue weighted by Gasteiger charge is -2.08. The highest BCUT2D eigenvalue weighted by Crippen LogP contribution is 2.15. The molecular formula is C14H13ClN2O2S. The van der Waals surface area contributed by atoms with Gasteiger partial charge in [0.25, 0.3) is 0 Å². The van der Waals surface area contributed by atoms with E-state index in [0.29, 0.717) is 5.15 Å². The van der Waals surface area contributed by atoms with Gasteiger partial charge in [0.15, 0.2) is 0 Å². The van der Waals surface area contributed by atoms with E-state index in [2.05, 4.69) is 10.3 Å². The molecule has 0 aliphatic carbocycles. The number of carbonyl (C=O) groups excluding carboxylic acids is 1. The number of aliphatic hydroxyl groups is 1. The van der Waals surface area contributed by atoms with Gasteiger partial charge in [0.2, 0.25) is 5.91 Å². The molecule has 0 bridgehead atoms. The lowest BCUT2D eigenvalue weighted by Crippen LogP contribution is -2.26. The number of hydrogen-bond donors (Lipinski definition) is 2. The van der Waals surface area contributed by atoms with Gasteiger partial charge in [-0.25, -0.2) is 4.98 Å². The molecule has 0 spiro atoms. The highest BCUT2D eigenvalue weighted by Gasteiger charge is 2.08. The molecule has 2 N–H and O–H groups in total. The largest absolute Gasteiger partial charge is 0.387 e. The number of nitrogens with one attached hydrogen (secondary N) is 1. The first-order chi connectivity index (χ1) is 9.65. The number of hydrogen-bond acceptors (Lipinski definition) is 4. The maximum absolute atomic E-state index is 11.6. The molecule has 2 aromatic rings. The van der Waals surface area contributed by atoms with Gasteiger partial charge >= 0.3 is 0 Å². The van der Waals surface area contributed by atoms with E-state index in [1.165, 1.54) is 17.4 Å². The number of aliphatic hydroxyl groups excluding tert-OH is 1. The minimum Gasteiger partial charge on any atom is -0.387 e. The van der Waals surface area contributed by atoms with Crippen LogP contribution in [0.4, 0.5) is 0 Å². The van der Waals surface area contributed by atoms with E-state index in [9.17, 15) is 9.90 Å². The lowest BCUT2D eigenvalue weighted by molar-refractivity contribution is -0.116. The van der Waals surface area contributed by atoms with Crippen molar-refractivity contribution >= 4 is 34.9 Å². The van der Waals surface area contributed by atoms with Gasteiger partial charge in [0, 0.05) is 18.8 Å². The average molecular weight is 309 g/mol. The number of pyridine rings is 1. The van der Waals surface area contributed by atoms with Gasteiger partial charge in [-0.2, -0.15) is 11.3 Å². The van der Waals surface area contributed by atoms with Crippen LogP contribution in [0.5, 0.6) is 0 Å². The summed E-state index contributed by atoms with van der Waals surface area (Å²) in [7, 11) is 0. The Kier molecular flexibility index (Phi) is 5.29. The van der Waals surface area contributed by atoms with Gasteiger partial charge in [-0.1, -0.05) is 11.6 Å². The van der Waals surface area contributed by atoms with E-state index in [4.69, 9.17) is 11.6 Å². The zero-order valence-corrected chi connectivity index (χ0v) is 12.1. The Bertz CT molecular complexity index is 599. The van der Waals surface area contributed by atoms with Crippen molar-refractivity contribution in [3.05, 3.63) is 57.5 Å². The van der Waals surface area contributed by atoms with E-state index < -0.39 is 6.10 Å². The van der Waals surface area contributed by atoms with Crippen molar-refractivity contribution in [2.24, 2.45) is 0 Å². The molecule has 0 fully saturated rings. The Balaban J connectivity index is 1.83. The molecular weight excluding hydrogens is 296 g/mol. The summed E-state index contributed by atoms with van der Waals surface area (Å²) < 4.78 is 0. The Morgan fingerprint density at radius 3 is 3.10 bits per heavy atom. The van der Waals surface area contributed by atoms with Crippen molar-refractivity contribution in [1.82, 2.24) is 10.3 Å². The van der Waals surface area contributed by atoms with Gasteiger partial charge in [0.05, 0.1) is 6.10 Å². The number of halogens is 1. The SMILES string of the molecule is O=C(/C=C/c1ccnc(Cl)c1)NCC(O)c1ccsc1. The Morgan fingerprint density at radius 2 is 2.40 bits per heavy atom. The van der Waals surface area contributed by atoms with Gasteiger partial charge in [-0.05, 0) is 46.2 Å². The Morgan fingerprint density at radius 1 is 1.55 bits per heavy atom. The summed E-state index contributed by atoms with van der Waals surface area (Å²) >= 11 is 7.25. The summed E-state index contributed by atoms with van der Waals surface area (Å²) in [5.41, 5.74) is 1.60. The molecule has 1 unspecified atom stereocenters. The smallest absolute Gasteiger partial charge is 0.244 e. The molecule has 20 heavy (non-hydrogen) atoms. The van der Waals surface area contributed by atoms with Crippen molar-refractivity contribution in [3.8, 4) is 0 Å². The van der Waals surface area contributed by atoms with Crippen LogP contribution in [0.15, 0.2) is 41.2 Å². The van der Waals surface area contributed by atoms with E-state index in [1.807, 2.05) is 16.8 Å². The molecule has 0 radical (unpaired) electrons. The zero-order valence-electron chi connectivity index (χ0n) is 10.5. The van der Waals surface area contributed by atoms with Crippen molar-refractivity contribution in [3.63, 3.8) is 0 Å². The third-order valence-corrected chi connectivity index (χ3v) is 3.48. The minimum atomic E-state index is -0.686. The van der Waals surface area contributed by atoms with Crippen molar-refractivity contribution < 1.29 is 9.90 Å². The fraction of sp³-hybridized carbons (Fsp3) is 0.143. The average Bonchev–Trinajstić information content (AvgIpc) is 2.97. The second-order valence-electron chi connectivity index (χ2n) is 4.06. The number of aromatic nitrogens is 1. The van der Waals surface area contributed by atoms with Crippen LogP contribution in [-0.2, 0) is 4.79 Å². The minimum absolute atomic E-state index is 0.178. The molecule has 0 saturated heterocycles. The van der Waals surface area contributed by atoms with Crippen LogP contribution >= 0.6 is 22.9 Å². The molecule has 0 aromatic carbocycles. The Hall–Kier alpha value is -1.69. The standard InChI is InChI=1S/C14H13ClN2O2S/c15-13-7-10(3-5-16-13)1-2-14(19)17-8-12(18)11-4-6-20-9-11/h1-7,9,12,18H,8H2,(H,17,19)/b2-1+. The maximum atomic E-state index is 11.6. The third kappa shape index (κ3) is 4.45. The molecule has 0 aliphatic heterocycles. The number of nitrogens with zero attached hydrogens (tertiary/aromatic N) is 1. The normalized spacial score (nSPS) is 12.5. The summed E-state index contributed by atoms with van der Waals surface area (Å²) in [6, 6.07) is 5.23. The van der Waals surface area contributed by atoms with Gasteiger partial charge in [-0.3, -0.25) is 4.79 Å². The summed E-state index contributed by atoms with van der Waals surface area (Å²) in [6.07, 6.45) is 3.92. The summed E-state index contributed by atoms with van der Waals surface area (Å²) in [6.45, 7) is 0.178. The second-order valence-corrected chi connectivity index (χ2v) is 5.23. The van der Waals surface area contributed by atoms with E-state index in [1.54, 1.807) is 24.4 Å². The van der Waals surface area contributed by atoms with Crippen molar-refractivity contribution in [1.29, 1.82) is 0 Å². The summed E-state index contributed by atoms with van der Waals surface area (Å²) in [5.74, 6) is -0.271. The second kappa shape index (κ2) is 7.19. The fourth-order valence-electron chi connectivity index (χ4n) is 1.53. The topological polar surface area (TPSA) is 62.2 Å². The predicted molar refractivity (Wildman–Crippen MR) is 80.6 cm³/mol. The van der Waals surface area contributed by atoms with Crippen LogP contribution < -0.4 is 5.32 Å². The fourth-order valence-corrected chi connectivity index (χ4v) is 2.42. The summed E-state index contributed by atoms with van der Waals surface area (Å²) in [4.78, 5) is 15.5. The van der Waals surface area contributed by atoms with Gasteiger partial charge in [0.1, 0.15) is 5.15 Å². The monoisotopic (exact) mass is 308 g/mol. The number of carbonyl (C=O) groups is 1. The number of thiophene rings is 1. The van der Waals surface area contributed by atoms with Gasteiger partial charge in [-0.15, -0.1) is 0 Å². The molecule has 2 rings (SSSR count). The molecule has 1 atom stereocenters. The highest BCUT2D eigenvalue weighted by atomic mass is 35.5. The third-order valence-electron chi connectivity index (χ3n) is 2.58. The van der Waals surface area contributed by atoms with Crippen LogP contribution in [0.1, 0.15) is 17.2 Å². The first kappa shape index (κ1) is 14.7. The molecule has 0 saturated carbocycles. The van der Waals surface area contributed by atoms with Crippen LogP contribution in [-0.4, -0.2) is 22.5 Å². The number of amides is 1. The molecule has 6 heteroatoms. The first-order valence-corrected chi connectivity index (χ1v) is 7.25. The first-order valence-electron chi connectivity index (χ1n) is 5.93.